The van der Waals surface area contributed by atoms with Crippen molar-refractivity contribution in [2.75, 3.05) is 33.4 Å². The minimum Gasteiger partial charge on any atom is -0.377 e. The summed E-state index contributed by atoms with van der Waals surface area (Å²) in [4.78, 5) is 28.3. The molecule has 3 heterocycles. The zero-order chi connectivity index (χ0) is 16.9. The van der Waals surface area contributed by atoms with E-state index in [1.54, 1.807) is 12.4 Å². The van der Waals surface area contributed by atoms with E-state index in [9.17, 15) is 4.79 Å². The summed E-state index contributed by atoms with van der Waals surface area (Å²) in [7, 11) is 1.94. The minimum absolute atomic E-state index is 0.0868. The molecule has 0 bridgehead atoms. The van der Waals surface area contributed by atoms with Crippen molar-refractivity contribution < 1.29 is 9.53 Å². The lowest BCUT2D eigenvalue weighted by Crippen LogP contribution is -2.47. The first-order valence-electron chi connectivity index (χ1n) is 8.09. The van der Waals surface area contributed by atoms with Gasteiger partial charge in [-0.3, -0.25) is 14.7 Å². The van der Waals surface area contributed by atoms with Gasteiger partial charge in [-0.15, -0.1) is 0 Å². The Morgan fingerprint density at radius 2 is 2.38 bits per heavy atom. The van der Waals surface area contributed by atoms with Gasteiger partial charge in [0.25, 0.3) is 0 Å². The summed E-state index contributed by atoms with van der Waals surface area (Å²) in [5, 5.41) is 0. The van der Waals surface area contributed by atoms with Crippen LogP contribution in [0.5, 0.6) is 0 Å². The van der Waals surface area contributed by atoms with Crippen LogP contribution in [0.4, 0.5) is 0 Å². The second-order valence-electron chi connectivity index (χ2n) is 6.16. The first-order valence-corrected chi connectivity index (χ1v) is 8.09. The first kappa shape index (κ1) is 16.6. The van der Waals surface area contributed by atoms with Gasteiger partial charge >= 0.3 is 0 Å². The zero-order valence-corrected chi connectivity index (χ0v) is 14.1. The van der Waals surface area contributed by atoms with Crippen LogP contribution in [0.15, 0.2) is 30.7 Å². The summed E-state index contributed by atoms with van der Waals surface area (Å²) < 4.78 is 5.55. The summed E-state index contributed by atoms with van der Waals surface area (Å²) in [6, 6.07) is 3.77. The topological polar surface area (TPSA) is 74.3 Å². The number of likely N-dealkylation sites (N-methyl/N-ethyl adjacent to an activating group) is 1. The molecular formula is C17H23N5O2. The molecule has 1 atom stereocenters. The largest absolute Gasteiger partial charge is 0.377 e. The second kappa shape index (κ2) is 7.55. The summed E-state index contributed by atoms with van der Waals surface area (Å²) >= 11 is 0. The van der Waals surface area contributed by atoms with Crippen LogP contribution in [0.2, 0.25) is 0 Å². The van der Waals surface area contributed by atoms with E-state index in [0.717, 1.165) is 17.1 Å². The van der Waals surface area contributed by atoms with Crippen LogP contribution < -0.4 is 0 Å². The number of nitrogens with zero attached hydrogens (tertiary/aromatic N) is 4. The quantitative estimate of drug-likeness (QED) is 0.890. The molecule has 0 unspecified atom stereocenters. The van der Waals surface area contributed by atoms with E-state index in [4.69, 9.17) is 4.74 Å². The molecule has 0 spiro atoms. The lowest BCUT2D eigenvalue weighted by molar-refractivity contribution is -0.141. The second-order valence-corrected chi connectivity index (χ2v) is 6.16. The number of nitrogens with one attached hydrogen (secondary N) is 1. The van der Waals surface area contributed by atoms with Gasteiger partial charge in [0.15, 0.2) is 0 Å². The molecule has 0 radical (unpaired) electrons. The van der Waals surface area contributed by atoms with Crippen LogP contribution in [-0.2, 0) is 16.1 Å². The molecule has 0 saturated carbocycles. The average Bonchev–Trinajstić information content (AvgIpc) is 3.02. The summed E-state index contributed by atoms with van der Waals surface area (Å²) in [5.41, 5.74) is 2.07. The molecule has 24 heavy (non-hydrogen) atoms. The van der Waals surface area contributed by atoms with Gasteiger partial charge in [-0.05, 0) is 25.6 Å². The Bertz CT molecular complexity index is 673. The lowest BCUT2D eigenvalue weighted by Gasteiger charge is -2.35. The van der Waals surface area contributed by atoms with Crippen molar-refractivity contribution in [1.29, 1.82) is 0 Å². The van der Waals surface area contributed by atoms with Crippen LogP contribution >= 0.6 is 0 Å². The third kappa shape index (κ3) is 3.98. The Labute approximate surface area is 141 Å². The highest BCUT2D eigenvalue weighted by Gasteiger charge is 2.30. The zero-order valence-electron chi connectivity index (χ0n) is 14.1. The number of imidazole rings is 1. The van der Waals surface area contributed by atoms with E-state index < -0.39 is 0 Å². The van der Waals surface area contributed by atoms with E-state index in [-0.39, 0.29) is 11.9 Å². The fraction of sp³-hybridized carbons (Fsp3) is 0.471. The van der Waals surface area contributed by atoms with Crippen LogP contribution in [0, 0.1) is 6.92 Å². The number of aryl methyl sites for hydroxylation is 1. The van der Waals surface area contributed by atoms with E-state index in [2.05, 4.69) is 15.0 Å². The van der Waals surface area contributed by atoms with Gasteiger partial charge in [0.05, 0.1) is 19.8 Å². The molecule has 0 aromatic carbocycles. The Kier molecular flexibility index (Phi) is 5.22. The average molecular weight is 329 g/mol. The number of aromatic nitrogens is 3. The number of hydrogen-bond acceptors (Lipinski definition) is 5. The van der Waals surface area contributed by atoms with E-state index in [1.807, 2.05) is 42.1 Å². The highest BCUT2D eigenvalue weighted by atomic mass is 16.5. The summed E-state index contributed by atoms with van der Waals surface area (Å²) in [6.45, 7) is 4.62. The molecule has 1 amide bonds. The van der Waals surface area contributed by atoms with Crippen molar-refractivity contribution in [2.24, 2.45) is 0 Å². The van der Waals surface area contributed by atoms with Crippen molar-refractivity contribution in [1.82, 2.24) is 24.8 Å². The Balaban J connectivity index is 1.63. The number of amides is 1. The smallest absolute Gasteiger partial charge is 0.237 e. The number of carbonyl (C=O) groups excluding carboxylic acids is 1. The molecule has 1 aliphatic rings. The molecule has 1 N–H and O–H groups in total. The van der Waals surface area contributed by atoms with Gasteiger partial charge in [-0.1, -0.05) is 6.07 Å². The number of morpholine rings is 1. The van der Waals surface area contributed by atoms with Crippen LogP contribution in [0.25, 0.3) is 0 Å². The highest BCUT2D eigenvalue weighted by molar-refractivity contribution is 5.78. The number of carbonyl (C=O) groups is 1. The van der Waals surface area contributed by atoms with Gasteiger partial charge in [0, 0.05) is 37.4 Å². The Hall–Kier alpha value is -2.25. The standard InChI is InChI=1S/C17H23N5O2/c1-13-8-19-17(20-13)15-12-24-7-6-22(15)16(23)11-21(2)10-14-4-3-5-18-9-14/h3-5,8-9,15H,6-7,10-12H2,1-2H3,(H,19,20)/t15-/m0/s1. The maximum absolute atomic E-state index is 12.8. The summed E-state index contributed by atoms with van der Waals surface area (Å²) in [5.74, 6) is 0.874. The van der Waals surface area contributed by atoms with Crippen LogP contribution in [-0.4, -0.2) is 64.0 Å². The number of pyridine rings is 1. The highest BCUT2D eigenvalue weighted by Crippen LogP contribution is 2.22. The van der Waals surface area contributed by atoms with Crippen molar-refractivity contribution in [3.63, 3.8) is 0 Å². The predicted molar refractivity (Wildman–Crippen MR) is 89.2 cm³/mol. The molecular weight excluding hydrogens is 306 g/mol. The molecule has 1 fully saturated rings. The lowest BCUT2D eigenvalue weighted by atomic mass is 10.2. The number of hydrogen-bond donors (Lipinski definition) is 1. The van der Waals surface area contributed by atoms with Crippen LogP contribution in [0.1, 0.15) is 23.1 Å². The SMILES string of the molecule is Cc1cnc([C@@H]2COCCN2C(=O)CN(C)Cc2cccnc2)[nH]1. The van der Waals surface area contributed by atoms with E-state index in [0.29, 0.717) is 32.8 Å². The van der Waals surface area contributed by atoms with Crippen molar-refractivity contribution in [3.05, 3.63) is 47.8 Å². The van der Waals surface area contributed by atoms with Gasteiger partial charge in [-0.2, -0.15) is 0 Å². The first-order chi connectivity index (χ1) is 11.6. The molecule has 7 nitrogen and oxygen atoms in total. The minimum atomic E-state index is -0.147. The molecule has 3 rings (SSSR count). The fourth-order valence-corrected chi connectivity index (χ4v) is 2.91. The molecule has 2 aromatic rings. The number of rotatable bonds is 5. The molecule has 1 saturated heterocycles. The van der Waals surface area contributed by atoms with E-state index in [1.165, 1.54) is 0 Å². The van der Waals surface area contributed by atoms with Crippen molar-refractivity contribution >= 4 is 5.91 Å². The maximum Gasteiger partial charge on any atom is 0.237 e. The Morgan fingerprint density at radius 1 is 1.50 bits per heavy atom. The normalized spacial score (nSPS) is 18.1. The molecule has 0 aliphatic carbocycles. The Morgan fingerprint density at radius 3 is 3.08 bits per heavy atom. The monoisotopic (exact) mass is 329 g/mol. The third-order valence-electron chi connectivity index (χ3n) is 4.07. The maximum atomic E-state index is 12.8. The van der Waals surface area contributed by atoms with Crippen molar-refractivity contribution in [3.8, 4) is 0 Å². The third-order valence-corrected chi connectivity index (χ3v) is 4.07. The fourth-order valence-electron chi connectivity index (χ4n) is 2.91. The molecule has 7 heteroatoms. The molecule has 2 aromatic heterocycles. The number of H-pyrrole nitrogens is 1. The predicted octanol–water partition coefficient (Wildman–Crippen LogP) is 1.15. The van der Waals surface area contributed by atoms with Gasteiger partial charge in [0.2, 0.25) is 5.91 Å². The van der Waals surface area contributed by atoms with Crippen molar-refractivity contribution in [2.45, 2.75) is 19.5 Å². The van der Waals surface area contributed by atoms with Gasteiger partial charge in [-0.25, -0.2) is 4.98 Å². The van der Waals surface area contributed by atoms with Gasteiger partial charge in [0.1, 0.15) is 11.9 Å². The van der Waals surface area contributed by atoms with Gasteiger partial charge < -0.3 is 14.6 Å². The summed E-state index contributed by atoms with van der Waals surface area (Å²) in [6.07, 6.45) is 5.35. The molecule has 1 aliphatic heterocycles. The molecule has 128 valence electrons. The van der Waals surface area contributed by atoms with Crippen LogP contribution in [0.3, 0.4) is 0 Å². The number of ether oxygens (including phenoxy) is 1. The number of aromatic amines is 1. The van der Waals surface area contributed by atoms with E-state index >= 15 is 0 Å².